The molecular weight excluding hydrogens is 404 g/mol. The van der Waals surface area contributed by atoms with E-state index in [9.17, 15) is 14.4 Å². The van der Waals surface area contributed by atoms with Crippen LogP contribution in [0.3, 0.4) is 0 Å². The molecule has 1 unspecified atom stereocenters. The summed E-state index contributed by atoms with van der Waals surface area (Å²) in [7, 11) is 0. The minimum Gasteiger partial charge on any atom is -0.452 e. The first kappa shape index (κ1) is 22.7. The van der Waals surface area contributed by atoms with Crippen molar-refractivity contribution in [3.05, 3.63) is 101 Å². The monoisotopic (exact) mass is 430 g/mol. The fraction of sp³-hybridized carbons (Fsp3) is 0.192. The van der Waals surface area contributed by atoms with Gasteiger partial charge in [-0.3, -0.25) is 9.59 Å². The molecule has 0 bridgehead atoms. The Hall–Kier alpha value is -3.93. The van der Waals surface area contributed by atoms with E-state index in [1.54, 1.807) is 36.4 Å². The molecule has 3 aromatic rings. The van der Waals surface area contributed by atoms with Gasteiger partial charge in [-0.2, -0.15) is 0 Å². The molecule has 0 aliphatic carbocycles. The first-order valence-corrected chi connectivity index (χ1v) is 10.3. The van der Waals surface area contributed by atoms with Crippen LogP contribution < -0.4 is 10.6 Å². The van der Waals surface area contributed by atoms with Crippen molar-refractivity contribution in [1.82, 2.24) is 5.32 Å². The number of benzene rings is 3. The molecule has 0 aliphatic rings. The molecule has 0 fully saturated rings. The maximum atomic E-state index is 12.8. The molecule has 3 rings (SSSR count). The number of aryl methyl sites for hydroxylation is 2. The molecule has 0 aromatic heterocycles. The van der Waals surface area contributed by atoms with Crippen LogP contribution in [0.4, 0.5) is 5.69 Å². The summed E-state index contributed by atoms with van der Waals surface area (Å²) in [6, 6.07) is 21.5. The molecule has 0 saturated carbocycles. The zero-order valence-electron chi connectivity index (χ0n) is 18.3. The maximum absolute atomic E-state index is 12.8. The zero-order valence-corrected chi connectivity index (χ0v) is 18.3. The van der Waals surface area contributed by atoms with Gasteiger partial charge in [-0.15, -0.1) is 0 Å². The number of amides is 2. The van der Waals surface area contributed by atoms with Crippen molar-refractivity contribution in [3.63, 3.8) is 0 Å². The molecule has 164 valence electrons. The maximum Gasteiger partial charge on any atom is 0.338 e. The van der Waals surface area contributed by atoms with Gasteiger partial charge in [-0.25, -0.2) is 4.79 Å². The number of ether oxygens (including phenoxy) is 1. The fourth-order valence-corrected chi connectivity index (χ4v) is 3.38. The van der Waals surface area contributed by atoms with Crippen molar-refractivity contribution in [2.45, 2.75) is 26.8 Å². The van der Waals surface area contributed by atoms with Crippen LogP contribution in [0.25, 0.3) is 0 Å². The van der Waals surface area contributed by atoms with Crippen LogP contribution in [0.15, 0.2) is 72.8 Å². The lowest BCUT2D eigenvalue weighted by Gasteiger charge is -2.16. The molecule has 1 atom stereocenters. The van der Waals surface area contributed by atoms with Crippen molar-refractivity contribution < 1.29 is 19.1 Å². The quantitative estimate of drug-likeness (QED) is 0.537. The lowest BCUT2D eigenvalue weighted by Crippen LogP contribution is -2.28. The normalized spacial score (nSPS) is 11.3. The third kappa shape index (κ3) is 6.04. The van der Waals surface area contributed by atoms with Crippen LogP contribution >= 0.6 is 0 Å². The van der Waals surface area contributed by atoms with Gasteiger partial charge in [0, 0.05) is 0 Å². The smallest absolute Gasteiger partial charge is 0.338 e. The predicted octanol–water partition coefficient (Wildman–Crippen LogP) is 4.59. The predicted molar refractivity (Wildman–Crippen MR) is 124 cm³/mol. The van der Waals surface area contributed by atoms with Crippen molar-refractivity contribution in [1.29, 1.82) is 0 Å². The molecule has 2 N–H and O–H groups in total. The van der Waals surface area contributed by atoms with Crippen LogP contribution in [0.1, 0.15) is 50.4 Å². The lowest BCUT2D eigenvalue weighted by molar-refractivity contribution is -0.119. The number of carbonyl (C=O) groups is 3. The Kier molecular flexibility index (Phi) is 7.39. The van der Waals surface area contributed by atoms with E-state index in [1.165, 1.54) is 0 Å². The molecule has 3 aromatic carbocycles. The SMILES string of the molecule is Cc1cc(C)cc(C(=O)OCC(=O)Nc2ccccc2C(=O)NC(C)c2ccccc2)c1. The Balaban J connectivity index is 1.62. The first-order valence-electron chi connectivity index (χ1n) is 10.3. The van der Waals surface area contributed by atoms with Gasteiger partial charge in [0.25, 0.3) is 11.8 Å². The van der Waals surface area contributed by atoms with E-state index in [0.29, 0.717) is 16.8 Å². The van der Waals surface area contributed by atoms with E-state index in [1.807, 2.05) is 57.2 Å². The second-order valence-electron chi connectivity index (χ2n) is 7.65. The third-order valence-corrected chi connectivity index (χ3v) is 4.88. The highest BCUT2D eigenvalue weighted by Crippen LogP contribution is 2.18. The average molecular weight is 431 g/mol. The summed E-state index contributed by atoms with van der Waals surface area (Å²) in [5.74, 6) is -1.42. The van der Waals surface area contributed by atoms with Gasteiger partial charge < -0.3 is 15.4 Å². The molecule has 6 heteroatoms. The second-order valence-corrected chi connectivity index (χ2v) is 7.65. The Morgan fingerprint density at radius 3 is 2.19 bits per heavy atom. The van der Waals surface area contributed by atoms with Crippen LogP contribution in [0.5, 0.6) is 0 Å². The Morgan fingerprint density at radius 1 is 0.875 bits per heavy atom. The molecule has 0 saturated heterocycles. The summed E-state index contributed by atoms with van der Waals surface area (Å²) in [4.78, 5) is 37.4. The highest BCUT2D eigenvalue weighted by molar-refractivity contribution is 6.04. The summed E-state index contributed by atoms with van der Waals surface area (Å²) >= 11 is 0. The number of esters is 1. The Morgan fingerprint density at radius 2 is 1.50 bits per heavy atom. The van der Waals surface area contributed by atoms with Gasteiger partial charge in [-0.1, -0.05) is 59.7 Å². The number of rotatable bonds is 7. The van der Waals surface area contributed by atoms with Crippen LogP contribution in [-0.4, -0.2) is 24.4 Å². The van der Waals surface area contributed by atoms with Gasteiger partial charge in [0.15, 0.2) is 6.61 Å². The van der Waals surface area contributed by atoms with E-state index in [4.69, 9.17) is 4.74 Å². The zero-order chi connectivity index (χ0) is 23.1. The number of carbonyl (C=O) groups excluding carboxylic acids is 3. The van der Waals surface area contributed by atoms with E-state index in [-0.39, 0.29) is 11.9 Å². The Bertz CT molecular complexity index is 1110. The number of nitrogens with one attached hydrogen (secondary N) is 2. The van der Waals surface area contributed by atoms with Crippen LogP contribution in [0, 0.1) is 13.8 Å². The average Bonchev–Trinajstić information content (AvgIpc) is 2.77. The van der Waals surface area contributed by atoms with Gasteiger partial charge >= 0.3 is 5.97 Å². The first-order chi connectivity index (χ1) is 15.3. The summed E-state index contributed by atoms with van der Waals surface area (Å²) in [5, 5.41) is 5.59. The van der Waals surface area contributed by atoms with Crippen molar-refractivity contribution in [3.8, 4) is 0 Å². The largest absolute Gasteiger partial charge is 0.452 e. The molecule has 0 heterocycles. The molecule has 0 radical (unpaired) electrons. The van der Waals surface area contributed by atoms with Crippen LogP contribution in [-0.2, 0) is 9.53 Å². The molecule has 6 nitrogen and oxygen atoms in total. The number of anilines is 1. The number of hydrogen-bond donors (Lipinski definition) is 2. The van der Waals surface area contributed by atoms with E-state index >= 15 is 0 Å². The standard InChI is InChI=1S/C26H26N2O4/c1-17-13-18(2)15-21(14-17)26(31)32-16-24(29)28-23-12-8-7-11-22(23)25(30)27-19(3)20-9-5-4-6-10-20/h4-15,19H,16H2,1-3H3,(H,27,30)(H,28,29). The second kappa shape index (κ2) is 10.4. The molecule has 2 amide bonds. The summed E-state index contributed by atoms with van der Waals surface area (Å²) in [6.07, 6.45) is 0. The minimum absolute atomic E-state index is 0.203. The van der Waals surface area contributed by atoms with Crippen molar-refractivity contribution in [2.75, 3.05) is 11.9 Å². The molecule has 0 aliphatic heterocycles. The lowest BCUT2D eigenvalue weighted by atomic mass is 10.1. The summed E-state index contributed by atoms with van der Waals surface area (Å²) < 4.78 is 5.14. The highest BCUT2D eigenvalue weighted by Gasteiger charge is 2.17. The van der Waals surface area contributed by atoms with Gasteiger partial charge in [0.05, 0.1) is 22.9 Å². The Labute approximate surface area is 187 Å². The van der Waals surface area contributed by atoms with E-state index in [0.717, 1.165) is 16.7 Å². The molecular formula is C26H26N2O4. The van der Waals surface area contributed by atoms with Gasteiger partial charge in [0.1, 0.15) is 0 Å². The number of para-hydroxylation sites is 1. The van der Waals surface area contributed by atoms with Crippen LogP contribution in [0.2, 0.25) is 0 Å². The van der Waals surface area contributed by atoms with Crippen molar-refractivity contribution in [2.24, 2.45) is 0 Å². The summed E-state index contributed by atoms with van der Waals surface area (Å²) in [5.41, 5.74) is 3.91. The molecule has 0 spiro atoms. The molecule has 32 heavy (non-hydrogen) atoms. The van der Waals surface area contributed by atoms with Gasteiger partial charge in [-0.05, 0) is 50.6 Å². The number of hydrogen-bond acceptors (Lipinski definition) is 4. The van der Waals surface area contributed by atoms with Crippen molar-refractivity contribution >= 4 is 23.5 Å². The third-order valence-electron chi connectivity index (χ3n) is 4.88. The van der Waals surface area contributed by atoms with Gasteiger partial charge in [0.2, 0.25) is 0 Å². The van der Waals surface area contributed by atoms with E-state index < -0.39 is 18.5 Å². The highest BCUT2D eigenvalue weighted by atomic mass is 16.5. The fourth-order valence-electron chi connectivity index (χ4n) is 3.38. The minimum atomic E-state index is -0.574. The topological polar surface area (TPSA) is 84.5 Å². The summed E-state index contributed by atoms with van der Waals surface area (Å²) in [6.45, 7) is 5.21. The van der Waals surface area contributed by atoms with E-state index in [2.05, 4.69) is 10.6 Å².